The van der Waals surface area contributed by atoms with Gasteiger partial charge in [-0.05, 0) is 19.3 Å². The van der Waals surface area contributed by atoms with Crippen LogP contribution in [0.25, 0.3) is 0 Å². The summed E-state index contributed by atoms with van der Waals surface area (Å²) in [6.07, 6.45) is 4.65. The van der Waals surface area contributed by atoms with Gasteiger partial charge in [-0.25, -0.2) is 0 Å². The highest BCUT2D eigenvalue weighted by Crippen LogP contribution is 2.36. The zero-order valence-electron chi connectivity index (χ0n) is 10.8. The number of aliphatic hydroxyl groups excluding tert-OH is 1. The third-order valence-corrected chi connectivity index (χ3v) is 3.40. The molecule has 0 fully saturated rings. The molecule has 0 aromatic heterocycles. The van der Waals surface area contributed by atoms with Crippen LogP contribution in [0.3, 0.4) is 0 Å². The Labute approximate surface area is 98.9 Å². The van der Waals surface area contributed by atoms with Gasteiger partial charge in [-0.15, -0.1) is 0 Å². The Morgan fingerprint density at radius 3 is 1.81 bits per heavy atom. The summed E-state index contributed by atoms with van der Waals surface area (Å²) in [6.45, 7) is 5.94. The fourth-order valence-corrected chi connectivity index (χ4v) is 2.19. The van der Waals surface area contributed by atoms with Crippen molar-refractivity contribution in [1.29, 1.82) is 0 Å². The SMILES string of the molecule is CCCCC(CCCC)(C(=O)O)C(O)CC. The Kier molecular flexibility index (Phi) is 7.39. The van der Waals surface area contributed by atoms with Gasteiger partial charge in [0.25, 0.3) is 0 Å². The van der Waals surface area contributed by atoms with Crippen molar-refractivity contribution in [3.05, 3.63) is 0 Å². The Bertz CT molecular complexity index is 193. The Hall–Kier alpha value is -0.570. The van der Waals surface area contributed by atoms with Crippen molar-refractivity contribution >= 4 is 5.97 Å². The number of rotatable bonds is 9. The number of aliphatic carboxylic acids is 1. The number of carboxylic acid groups (broad SMARTS) is 1. The van der Waals surface area contributed by atoms with E-state index in [-0.39, 0.29) is 0 Å². The molecule has 3 nitrogen and oxygen atoms in total. The fourth-order valence-electron chi connectivity index (χ4n) is 2.19. The molecule has 0 amide bonds. The van der Waals surface area contributed by atoms with E-state index in [1.807, 2.05) is 20.8 Å². The van der Waals surface area contributed by atoms with E-state index in [4.69, 9.17) is 0 Å². The molecule has 0 rings (SSSR count). The van der Waals surface area contributed by atoms with Crippen molar-refractivity contribution < 1.29 is 15.0 Å². The second-order valence-corrected chi connectivity index (χ2v) is 4.59. The lowest BCUT2D eigenvalue weighted by Crippen LogP contribution is -2.42. The van der Waals surface area contributed by atoms with Gasteiger partial charge in [0.1, 0.15) is 0 Å². The number of aliphatic hydroxyl groups is 1. The maximum atomic E-state index is 11.5. The summed E-state index contributed by atoms with van der Waals surface area (Å²) in [4.78, 5) is 11.5. The molecule has 0 radical (unpaired) electrons. The average Bonchev–Trinajstić information content (AvgIpc) is 2.28. The number of carbonyl (C=O) groups is 1. The number of unbranched alkanes of at least 4 members (excludes halogenated alkanes) is 2. The van der Waals surface area contributed by atoms with Crippen LogP contribution in [0.1, 0.15) is 65.7 Å². The van der Waals surface area contributed by atoms with Crippen LogP contribution in [0.5, 0.6) is 0 Å². The Morgan fingerprint density at radius 2 is 1.56 bits per heavy atom. The van der Waals surface area contributed by atoms with Crippen molar-refractivity contribution in [2.45, 2.75) is 71.8 Å². The molecule has 16 heavy (non-hydrogen) atoms. The molecule has 96 valence electrons. The van der Waals surface area contributed by atoms with Crippen molar-refractivity contribution in [1.82, 2.24) is 0 Å². The average molecular weight is 230 g/mol. The van der Waals surface area contributed by atoms with Crippen molar-refractivity contribution in [2.75, 3.05) is 0 Å². The number of hydrogen-bond donors (Lipinski definition) is 2. The summed E-state index contributed by atoms with van der Waals surface area (Å²) in [6, 6.07) is 0. The van der Waals surface area contributed by atoms with Gasteiger partial charge in [0.15, 0.2) is 0 Å². The molecule has 0 bridgehead atoms. The first-order chi connectivity index (χ1) is 7.55. The van der Waals surface area contributed by atoms with Crippen LogP contribution in [0.4, 0.5) is 0 Å². The molecule has 0 spiro atoms. The molecule has 2 N–H and O–H groups in total. The van der Waals surface area contributed by atoms with Gasteiger partial charge >= 0.3 is 5.97 Å². The topological polar surface area (TPSA) is 57.5 Å². The number of hydrogen-bond acceptors (Lipinski definition) is 2. The second kappa shape index (κ2) is 7.66. The minimum absolute atomic E-state index is 0.514. The molecule has 0 heterocycles. The lowest BCUT2D eigenvalue weighted by atomic mass is 9.73. The minimum atomic E-state index is -0.916. The molecule has 0 aromatic rings. The summed E-state index contributed by atoms with van der Waals surface area (Å²) >= 11 is 0. The predicted octanol–water partition coefficient (Wildman–Crippen LogP) is 3.21. The van der Waals surface area contributed by atoms with Gasteiger partial charge in [-0.2, -0.15) is 0 Å². The van der Waals surface area contributed by atoms with Crippen molar-refractivity contribution in [3.8, 4) is 0 Å². The van der Waals surface area contributed by atoms with E-state index < -0.39 is 17.5 Å². The van der Waals surface area contributed by atoms with Crippen LogP contribution < -0.4 is 0 Å². The molecular formula is C13H26O3. The van der Waals surface area contributed by atoms with Gasteiger partial charge < -0.3 is 10.2 Å². The third kappa shape index (κ3) is 3.78. The fraction of sp³-hybridized carbons (Fsp3) is 0.923. The van der Waals surface area contributed by atoms with Crippen LogP contribution in [-0.4, -0.2) is 22.3 Å². The molecule has 0 saturated heterocycles. The first-order valence-electron chi connectivity index (χ1n) is 6.46. The molecule has 0 aliphatic carbocycles. The van der Waals surface area contributed by atoms with E-state index in [0.29, 0.717) is 19.3 Å². The van der Waals surface area contributed by atoms with Gasteiger partial charge in [-0.3, -0.25) is 4.79 Å². The number of carboxylic acids is 1. The van der Waals surface area contributed by atoms with Gasteiger partial charge in [0.05, 0.1) is 11.5 Å². The van der Waals surface area contributed by atoms with Crippen LogP contribution in [-0.2, 0) is 4.79 Å². The van der Waals surface area contributed by atoms with Gasteiger partial charge in [-0.1, -0.05) is 46.5 Å². The summed E-state index contributed by atoms with van der Waals surface area (Å²) in [5, 5.41) is 19.4. The molecule has 0 aromatic carbocycles. The standard InChI is InChI=1S/C13H26O3/c1-4-7-9-13(12(15)16,10-8-5-2)11(14)6-3/h11,14H,4-10H2,1-3H3,(H,15,16). The molecule has 1 unspecified atom stereocenters. The zero-order chi connectivity index (χ0) is 12.6. The van der Waals surface area contributed by atoms with Crippen LogP contribution in [0.15, 0.2) is 0 Å². The first-order valence-corrected chi connectivity index (χ1v) is 6.46. The van der Waals surface area contributed by atoms with E-state index in [1.54, 1.807) is 0 Å². The molecular weight excluding hydrogens is 204 g/mol. The lowest BCUT2D eigenvalue weighted by Gasteiger charge is -2.33. The third-order valence-electron chi connectivity index (χ3n) is 3.40. The van der Waals surface area contributed by atoms with Gasteiger partial charge in [0, 0.05) is 0 Å². The van der Waals surface area contributed by atoms with E-state index in [1.165, 1.54) is 0 Å². The van der Waals surface area contributed by atoms with Crippen LogP contribution in [0.2, 0.25) is 0 Å². The summed E-state index contributed by atoms with van der Waals surface area (Å²) in [5.41, 5.74) is -0.916. The second-order valence-electron chi connectivity index (χ2n) is 4.59. The summed E-state index contributed by atoms with van der Waals surface area (Å²) in [7, 11) is 0. The maximum absolute atomic E-state index is 11.5. The van der Waals surface area contributed by atoms with Gasteiger partial charge in [0.2, 0.25) is 0 Å². The molecule has 3 heteroatoms. The highest BCUT2D eigenvalue weighted by molar-refractivity contribution is 5.75. The molecule has 0 aliphatic rings. The first kappa shape index (κ1) is 15.4. The van der Waals surface area contributed by atoms with E-state index in [9.17, 15) is 15.0 Å². The molecule has 0 saturated carbocycles. The Morgan fingerprint density at radius 1 is 1.12 bits per heavy atom. The van der Waals surface area contributed by atoms with E-state index >= 15 is 0 Å². The van der Waals surface area contributed by atoms with Crippen LogP contribution in [0, 0.1) is 5.41 Å². The van der Waals surface area contributed by atoms with E-state index in [2.05, 4.69) is 0 Å². The van der Waals surface area contributed by atoms with Crippen LogP contribution >= 0.6 is 0 Å². The molecule has 1 atom stereocenters. The highest BCUT2D eigenvalue weighted by Gasteiger charge is 2.43. The monoisotopic (exact) mass is 230 g/mol. The maximum Gasteiger partial charge on any atom is 0.312 e. The zero-order valence-corrected chi connectivity index (χ0v) is 10.8. The lowest BCUT2D eigenvalue weighted by molar-refractivity contribution is -0.158. The van der Waals surface area contributed by atoms with Crippen molar-refractivity contribution in [2.24, 2.45) is 5.41 Å². The van der Waals surface area contributed by atoms with E-state index in [0.717, 1.165) is 25.7 Å². The predicted molar refractivity (Wildman–Crippen MR) is 65.4 cm³/mol. The summed E-state index contributed by atoms with van der Waals surface area (Å²) < 4.78 is 0. The normalized spacial score (nSPS) is 13.8. The smallest absolute Gasteiger partial charge is 0.312 e. The largest absolute Gasteiger partial charge is 0.481 e. The minimum Gasteiger partial charge on any atom is -0.481 e. The quantitative estimate of drug-likeness (QED) is 0.639. The molecule has 0 aliphatic heterocycles. The summed E-state index contributed by atoms with van der Waals surface area (Å²) in [5.74, 6) is -0.830. The van der Waals surface area contributed by atoms with Crippen molar-refractivity contribution in [3.63, 3.8) is 0 Å². The Balaban J connectivity index is 4.81. The highest BCUT2D eigenvalue weighted by atomic mass is 16.4.